The molecule has 7 nitrogen and oxygen atoms in total. The van der Waals surface area contributed by atoms with Gasteiger partial charge in [0.25, 0.3) is 5.69 Å². The van der Waals surface area contributed by atoms with Crippen LogP contribution in [0.3, 0.4) is 0 Å². The van der Waals surface area contributed by atoms with Gasteiger partial charge in [-0.25, -0.2) is 9.18 Å². The average molecular weight is 390 g/mol. The fourth-order valence-electron chi connectivity index (χ4n) is 2.41. The molecule has 2 rings (SSSR count). The number of nitro groups is 1. The molecule has 0 spiro atoms. The van der Waals surface area contributed by atoms with Crippen LogP contribution >= 0.6 is 0 Å². The fourth-order valence-corrected chi connectivity index (χ4v) is 2.41. The topological polar surface area (TPSA) is 81.9 Å². The number of hydrogen-bond donors (Lipinski definition) is 0. The van der Waals surface area contributed by atoms with E-state index in [0.29, 0.717) is 0 Å². The minimum Gasteiger partial charge on any atom is -0.485 e. The van der Waals surface area contributed by atoms with Crippen LogP contribution in [-0.2, 0) is 17.9 Å². The number of amides is 1. The lowest BCUT2D eigenvalue weighted by atomic mass is 10.1. The SMILES string of the molecule is CN(Cc1cc([N+](=O)[O-])cc(F)c1OCc1ccccc1)C(=O)OC(C)(C)C. The monoisotopic (exact) mass is 390 g/mol. The molecular weight excluding hydrogens is 367 g/mol. The minimum absolute atomic E-state index is 0.0821. The Hall–Kier alpha value is -3.16. The summed E-state index contributed by atoms with van der Waals surface area (Å²) in [7, 11) is 1.46. The van der Waals surface area contributed by atoms with E-state index in [1.807, 2.05) is 30.3 Å². The number of benzene rings is 2. The Morgan fingerprint density at radius 3 is 2.43 bits per heavy atom. The van der Waals surface area contributed by atoms with Crippen molar-refractivity contribution in [2.24, 2.45) is 0 Å². The first-order valence-electron chi connectivity index (χ1n) is 8.64. The normalized spacial score (nSPS) is 11.0. The number of carbonyl (C=O) groups is 1. The van der Waals surface area contributed by atoms with Gasteiger partial charge in [0.1, 0.15) is 12.2 Å². The summed E-state index contributed by atoms with van der Waals surface area (Å²) in [6.45, 7) is 5.14. The van der Waals surface area contributed by atoms with Gasteiger partial charge in [0.05, 0.1) is 17.5 Å². The molecule has 2 aromatic carbocycles. The zero-order valence-corrected chi connectivity index (χ0v) is 16.3. The quantitative estimate of drug-likeness (QED) is 0.528. The third-order valence-electron chi connectivity index (χ3n) is 3.65. The van der Waals surface area contributed by atoms with Crippen LogP contribution in [0, 0.1) is 15.9 Å². The summed E-state index contributed by atoms with van der Waals surface area (Å²) < 4.78 is 25.4. The molecule has 28 heavy (non-hydrogen) atoms. The predicted octanol–water partition coefficient (Wildman–Crippen LogP) is 4.68. The first-order valence-corrected chi connectivity index (χ1v) is 8.64. The second-order valence-electron chi connectivity index (χ2n) is 7.28. The molecule has 0 unspecified atom stereocenters. The molecule has 0 bridgehead atoms. The van der Waals surface area contributed by atoms with Gasteiger partial charge in [0.2, 0.25) is 0 Å². The lowest BCUT2D eigenvalue weighted by Crippen LogP contribution is -2.34. The van der Waals surface area contributed by atoms with Gasteiger partial charge in [0, 0.05) is 18.7 Å². The highest BCUT2D eigenvalue weighted by molar-refractivity contribution is 5.68. The van der Waals surface area contributed by atoms with Crippen LogP contribution in [-0.4, -0.2) is 28.6 Å². The number of halogens is 1. The van der Waals surface area contributed by atoms with Crippen LogP contribution in [0.1, 0.15) is 31.9 Å². The highest BCUT2D eigenvalue weighted by Gasteiger charge is 2.24. The summed E-state index contributed by atoms with van der Waals surface area (Å²) in [4.78, 5) is 23.8. The van der Waals surface area contributed by atoms with Gasteiger partial charge in [-0.3, -0.25) is 10.1 Å². The Labute approximate surface area is 162 Å². The van der Waals surface area contributed by atoms with Gasteiger partial charge in [-0.05, 0) is 26.3 Å². The lowest BCUT2D eigenvalue weighted by molar-refractivity contribution is -0.385. The third-order valence-corrected chi connectivity index (χ3v) is 3.65. The molecule has 0 fully saturated rings. The Morgan fingerprint density at radius 1 is 1.21 bits per heavy atom. The second-order valence-corrected chi connectivity index (χ2v) is 7.28. The van der Waals surface area contributed by atoms with Crippen molar-refractivity contribution in [2.75, 3.05) is 7.05 Å². The second kappa shape index (κ2) is 8.69. The number of hydrogen-bond acceptors (Lipinski definition) is 5. The van der Waals surface area contributed by atoms with Crippen molar-refractivity contribution in [3.8, 4) is 5.75 Å². The Bertz CT molecular complexity index is 850. The molecule has 0 saturated heterocycles. The van der Waals surface area contributed by atoms with E-state index in [-0.39, 0.29) is 24.5 Å². The molecule has 0 saturated carbocycles. The van der Waals surface area contributed by atoms with E-state index < -0.39 is 28.1 Å². The number of non-ortho nitro benzene ring substituents is 1. The number of nitrogens with zero attached hydrogens (tertiary/aromatic N) is 2. The fraction of sp³-hybridized carbons (Fsp3) is 0.350. The maximum atomic E-state index is 14.5. The van der Waals surface area contributed by atoms with Crippen LogP contribution in [0.25, 0.3) is 0 Å². The highest BCUT2D eigenvalue weighted by atomic mass is 19.1. The lowest BCUT2D eigenvalue weighted by Gasteiger charge is -2.25. The average Bonchev–Trinajstić information content (AvgIpc) is 2.60. The van der Waals surface area contributed by atoms with Crippen LogP contribution in [0.2, 0.25) is 0 Å². The molecule has 0 radical (unpaired) electrons. The Balaban J connectivity index is 2.28. The number of carbonyl (C=O) groups excluding carboxylic acids is 1. The highest BCUT2D eigenvalue weighted by Crippen LogP contribution is 2.30. The van der Waals surface area contributed by atoms with E-state index in [2.05, 4.69) is 0 Å². The molecule has 1 amide bonds. The van der Waals surface area contributed by atoms with E-state index in [0.717, 1.165) is 11.6 Å². The molecule has 0 aromatic heterocycles. The third kappa shape index (κ3) is 5.94. The van der Waals surface area contributed by atoms with Crippen molar-refractivity contribution in [1.82, 2.24) is 4.90 Å². The smallest absolute Gasteiger partial charge is 0.410 e. The molecule has 0 atom stereocenters. The van der Waals surface area contributed by atoms with Crippen molar-refractivity contribution in [2.45, 2.75) is 39.5 Å². The number of ether oxygens (including phenoxy) is 2. The van der Waals surface area contributed by atoms with Gasteiger partial charge in [-0.15, -0.1) is 0 Å². The van der Waals surface area contributed by atoms with E-state index in [4.69, 9.17) is 9.47 Å². The molecule has 8 heteroatoms. The van der Waals surface area contributed by atoms with Gasteiger partial charge >= 0.3 is 6.09 Å². The zero-order chi connectivity index (χ0) is 20.9. The van der Waals surface area contributed by atoms with Crippen LogP contribution in [0.4, 0.5) is 14.9 Å². The van der Waals surface area contributed by atoms with Crippen LogP contribution in [0.5, 0.6) is 5.75 Å². The molecule has 2 aromatic rings. The first kappa shape index (κ1) is 21.1. The number of rotatable bonds is 6. The summed E-state index contributed by atoms with van der Waals surface area (Å²) in [5.41, 5.74) is -0.133. The Kier molecular flexibility index (Phi) is 6.56. The molecular formula is C20H23FN2O5. The molecule has 0 N–H and O–H groups in total. The van der Waals surface area contributed by atoms with Gasteiger partial charge in [0.15, 0.2) is 11.6 Å². The summed E-state index contributed by atoms with van der Waals surface area (Å²) in [6, 6.07) is 11.1. The van der Waals surface area contributed by atoms with E-state index in [1.165, 1.54) is 18.0 Å². The summed E-state index contributed by atoms with van der Waals surface area (Å²) in [6.07, 6.45) is -0.631. The summed E-state index contributed by atoms with van der Waals surface area (Å²) in [5, 5.41) is 11.1. The maximum Gasteiger partial charge on any atom is 0.410 e. The molecule has 0 aliphatic rings. The van der Waals surface area contributed by atoms with Gasteiger partial charge in [-0.1, -0.05) is 30.3 Å². The van der Waals surface area contributed by atoms with Crippen LogP contribution in [0.15, 0.2) is 42.5 Å². The van der Waals surface area contributed by atoms with E-state index in [9.17, 15) is 19.3 Å². The van der Waals surface area contributed by atoms with E-state index in [1.54, 1.807) is 20.8 Å². The molecule has 0 heterocycles. The number of nitro benzene ring substituents is 1. The van der Waals surface area contributed by atoms with Crippen molar-refractivity contribution < 1.29 is 23.6 Å². The minimum atomic E-state index is -0.863. The molecule has 0 aliphatic heterocycles. The van der Waals surface area contributed by atoms with Crippen molar-refractivity contribution in [3.63, 3.8) is 0 Å². The van der Waals surface area contributed by atoms with Crippen molar-refractivity contribution >= 4 is 11.8 Å². The van der Waals surface area contributed by atoms with Crippen molar-refractivity contribution in [3.05, 3.63) is 69.5 Å². The summed E-state index contributed by atoms with van der Waals surface area (Å²) >= 11 is 0. The predicted molar refractivity (Wildman–Crippen MR) is 102 cm³/mol. The van der Waals surface area contributed by atoms with Crippen LogP contribution < -0.4 is 4.74 Å². The molecule has 0 aliphatic carbocycles. The summed E-state index contributed by atoms with van der Waals surface area (Å²) in [5.74, 6) is -0.998. The van der Waals surface area contributed by atoms with Gasteiger partial charge in [-0.2, -0.15) is 0 Å². The van der Waals surface area contributed by atoms with Crippen molar-refractivity contribution in [1.29, 1.82) is 0 Å². The first-order chi connectivity index (χ1) is 13.1. The molecule has 150 valence electrons. The zero-order valence-electron chi connectivity index (χ0n) is 16.3. The van der Waals surface area contributed by atoms with E-state index >= 15 is 0 Å². The largest absolute Gasteiger partial charge is 0.485 e. The van der Waals surface area contributed by atoms with Gasteiger partial charge < -0.3 is 14.4 Å². The maximum absolute atomic E-state index is 14.5. The standard InChI is InChI=1S/C20H23FN2O5/c1-20(2,3)28-19(24)22(4)12-15-10-16(23(25)26)11-17(21)18(15)27-13-14-8-6-5-7-9-14/h5-11H,12-13H2,1-4H3. The Morgan fingerprint density at radius 2 is 1.86 bits per heavy atom.